The Labute approximate surface area is 228 Å². The molecule has 0 spiro atoms. The molecule has 2 bridgehead atoms. The quantitative estimate of drug-likeness (QED) is 0.455. The number of piperazine rings is 1. The van der Waals surface area contributed by atoms with Crippen molar-refractivity contribution in [3.63, 3.8) is 0 Å². The predicted molar refractivity (Wildman–Crippen MR) is 149 cm³/mol. The summed E-state index contributed by atoms with van der Waals surface area (Å²) in [5, 5.41) is 10.7. The minimum atomic E-state index is -0.151. The molecule has 1 aliphatic carbocycles. The Morgan fingerprint density at radius 1 is 1.23 bits per heavy atom. The molecule has 0 aromatic carbocycles. The van der Waals surface area contributed by atoms with Crippen molar-refractivity contribution in [2.24, 2.45) is 7.05 Å². The molecule has 1 amide bonds. The first-order chi connectivity index (χ1) is 18.9. The van der Waals surface area contributed by atoms with Gasteiger partial charge in [-0.2, -0.15) is 0 Å². The van der Waals surface area contributed by atoms with Crippen LogP contribution in [0.3, 0.4) is 0 Å². The van der Waals surface area contributed by atoms with Gasteiger partial charge in [-0.05, 0) is 50.4 Å². The fourth-order valence-corrected chi connectivity index (χ4v) is 6.25. The van der Waals surface area contributed by atoms with Gasteiger partial charge in [0.1, 0.15) is 11.5 Å². The van der Waals surface area contributed by atoms with E-state index >= 15 is 0 Å². The first-order valence-electron chi connectivity index (χ1n) is 13.5. The van der Waals surface area contributed by atoms with Gasteiger partial charge in [-0.25, -0.2) is 15.0 Å². The highest BCUT2D eigenvalue weighted by molar-refractivity contribution is 5.96. The highest BCUT2D eigenvalue weighted by atomic mass is 16.5. The summed E-state index contributed by atoms with van der Waals surface area (Å²) in [6.45, 7) is 6.07. The molecule has 3 aliphatic rings. The summed E-state index contributed by atoms with van der Waals surface area (Å²) in [7, 11) is 5.59. The lowest BCUT2D eigenvalue weighted by Gasteiger charge is -2.36. The minimum absolute atomic E-state index is 0.0252. The maximum Gasteiger partial charge on any atom is 0.256 e. The molecule has 0 radical (unpaired) electrons. The fourth-order valence-electron chi connectivity index (χ4n) is 6.25. The number of likely N-dealkylation sites (N-methyl/N-ethyl adjacent to an activating group) is 1. The average molecular weight is 530 g/mol. The fraction of sp³-hybridized carbons (Fsp3) is 0.464. The van der Waals surface area contributed by atoms with Gasteiger partial charge >= 0.3 is 0 Å². The maximum atomic E-state index is 13.5. The van der Waals surface area contributed by atoms with E-state index in [9.17, 15) is 4.79 Å². The standard InChI is InChI=1S/C28H35N9O2/c1-6-23(37-14-17-11-18(37)13-35(17)3)26(38)33-25-21-8-7-20(19(21)9-10-29-25)24-16(2)12-30-28(32-24)31-22-15-36(4)34-27(22)39-5/h7,9-10,12,15,17-18,23H,6,8,11,13-14H2,1-5H3,(H,29,33,38)(H,30,31,32). The lowest BCUT2D eigenvalue weighted by Crippen LogP contribution is -2.53. The van der Waals surface area contributed by atoms with Crippen LogP contribution in [0.4, 0.5) is 17.5 Å². The van der Waals surface area contributed by atoms with Crippen LogP contribution in [0.1, 0.15) is 42.1 Å². The molecular weight excluding hydrogens is 494 g/mol. The zero-order valence-corrected chi connectivity index (χ0v) is 23.1. The number of pyridine rings is 1. The highest BCUT2D eigenvalue weighted by Crippen LogP contribution is 2.37. The third-order valence-electron chi connectivity index (χ3n) is 8.21. The van der Waals surface area contributed by atoms with Crippen LogP contribution >= 0.6 is 0 Å². The van der Waals surface area contributed by atoms with Crippen molar-refractivity contribution in [1.29, 1.82) is 0 Å². The number of likely N-dealkylation sites (tertiary alicyclic amines) is 2. The van der Waals surface area contributed by atoms with Gasteiger partial charge in [0.05, 0.1) is 25.0 Å². The summed E-state index contributed by atoms with van der Waals surface area (Å²) in [5.41, 5.74) is 5.53. The van der Waals surface area contributed by atoms with Crippen LogP contribution in [0, 0.1) is 6.92 Å². The van der Waals surface area contributed by atoms with Crippen LogP contribution in [0.2, 0.25) is 0 Å². The summed E-state index contributed by atoms with van der Waals surface area (Å²) >= 11 is 0. The van der Waals surface area contributed by atoms with Crippen molar-refractivity contribution in [3.8, 4) is 5.88 Å². The van der Waals surface area contributed by atoms with Crippen LogP contribution < -0.4 is 15.4 Å². The predicted octanol–water partition coefficient (Wildman–Crippen LogP) is 2.76. The van der Waals surface area contributed by atoms with E-state index in [0.29, 0.717) is 41.8 Å². The molecule has 2 fully saturated rings. The van der Waals surface area contributed by atoms with Gasteiger partial charge in [-0.15, -0.1) is 5.10 Å². The molecule has 3 aromatic rings. The Bertz CT molecular complexity index is 1450. The molecule has 2 saturated heterocycles. The van der Waals surface area contributed by atoms with Gasteiger partial charge in [0, 0.05) is 55.8 Å². The second-order valence-corrected chi connectivity index (χ2v) is 10.7. The number of ether oxygens (including phenoxy) is 1. The first kappa shape index (κ1) is 25.4. The Kier molecular flexibility index (Phi) is 6.56. The lowest BCUT2D eigenvalue weighted by atomic mass is 10.0. The van der Waals surface area contributed by atoms with E-state index in [-0.39, 0.29) is 11.9 Å². The number of amides is 1. The van der Waals surface area contributed by atoms with Crippen LogP contribution in [0.25, 0.3) is 5.57 Å². The van der Waals surface area contributed by atoms with Crippen molar-refractivity contribution in [1.82, 2.24) is 34.5 Å². The van der Waals surface area contributed by atoms with Gasteiger partial charge in [0.25, 0.3) is 5.88 Å². The summed E-state index contributed by atoms with van der Waals surface area (Å²) < 4.78 is 7.02. The molecule has 3 atom stereocenters. The van der Waals surface area contributed by atoms with Crippen LogP contribution in [0.5, 0.6) is 5.88 Å². The lowest BCUT2D eigenvalue weighted by molar-refractivity contribution is -0.122. The number of nitrogens with one attached hydrogen (secondary N) is 2. The van der Waals surface area contributed by atoms with Crippen molar-refractivity contribution in [2.45, 2.75) is 51.2 Å². The SMILES string of the molecule is CCC(C(=O)Nc1nccc2c1CC=C2c1nc(Nc2cn(C)nc2OC)ncc1C)N1CC2CC1CN2C. The van der Waals surface area contributed by atoms with E-state index in [1.165, 1.54) is 0 Å². The largest absolute Gasteiger partial charge is 0.478 e. The normalized spacial score (nSPS) is 21.1. The molecule has 0 saturated carbocycles. The average Bonchev–Trinajstić information content (AvgIpc) is 3.69. The Morgan fingerprint density at radius 2 is 2.08 bits per heavy atom. The molecule has 2 N–H and O–H groups in total. The third kappa shape index (κ3) is 4.55. The number of hydrogen-bond donors (Lipinski definition) is 2. The molecule has 6 rings (SSSR count). The van der Waals surface area contributed by atoms with Crippen LogP contribution in [-0.2, 0) is 18.3 Å². The third-order valence-corrected chi connectivity index (χ3v) is 8.21. The topological polar surface area (TPSA) is 113 Å². The monoisotopic (exact) mass is 529 g/mol. The van der Waals surface area contributed by atoms with Crippen molar-refractivity contribution in [3.05, 3.63) is 53.1 Å². The highest BCUT2D eigenvalue weighted by Gasteiger charge is 2.45. The Hall–Kier alpha value is -3.83. The number of aryl methyl sites for hydroxylation is 2. The van der Waals surface area contributed by atoms with E-state index in [4.69, 9.17) is 9.72 Å². The molecule has 204 valence electrons. The number of allylic oxidation sites excluding steroid dienone is 1. The molecule has 11 nitrogen and oxygen atoms in total. The second kappa shape index (κ2) is 10.0. The molecule has 2 aliphatic heterocycles. The van der Waals surface area contributed by atoms with Gasteiger partial charge in [0.15, 0.2) is 0 Å². The molecule has 3 unspecified atom stereocenters. The minimum Gasteiger partial charge on any atom is -0.478 e. The summed E-state index contributed by atoms with van der Waals surface area (Å²) in [5.74, 6) is 1.58. The van der Waals surface area contributed by atoms with Gasteiger partial charge < -0.3 is 20.3 Å². The zero-order chi connectivity index (χ0) is 27.3. The number of hydrogen-bond acceptors (Lipinski definition) is 9. The second-order valence-electron chi connectivity index (χ2n) is 10.7. The molecular formula is C28H35N9O2. The van der Waals surface area contributed by atoms with Gasteiger partial charge in [-0.1, -0.05) is 13.0 Å². The number of nitrogens with zero attached hydrogens (tertiary/aromatic N) is 7. The van der Waals surface area contributed by atoms with Crippen molar-refractivity contribution in [2.75, 3.05) is 37.9 Å². The van der Waals surface area contributed by atoms with E-state index in [1.54, 1.807) is 18.0 Å². The van der Waals surface area contributed by atoms with Gasteiger partial charge in [-0.3, -0.25) is 14.4 Å². The Morgan fingerprint density at radius 3 is 2.79 bits per heavy atom. The number of fused-ring (bicyclic) bond motifs is 3. The zero-order valence-electron chi connectivity index (χ0n) is 23.1. The summed E-state index contributed by atoms with van der Waals surface area (Å²) in [4.78, 5) is 32.2. The van der Waals surface area contributed by atoms with Crippen molar-refractivity contribution < 1.29 is 9.53 Å². The number of carbonyl (C=O) groups is 1. The summed E-state index contributed by atoms with van der Waals surface area (Å²) in [6, 6.07) is 2.85. The van der Waals surface area contributed by atoms with Crippen molar-refractivity contribution >= 4 is 28.9 Å². The smallest absolute Gasteiger partial charge is 0.256 e. The Balaban J connectivity index is 1.23. The number of aromatic nitrogens is 5. The number of rotatable bonds is 8. The van der Waals surface area contributed by atoms with E-state index < -0.39 is 0 Å². The van der Waals surface area contributed by atoms with E-state index in [2.05, 4.69) is 55.5 Å². The van der Waals surface area contributed by atoms with Crippen LogP contribution in [-0.4, -0.2) is 85.8 Å². The number of anilines is 3. The summed E-state index contributed by atoms with van der Waals surface area (Å²) in [6.07, 6.45) is 10.1. The van der Waals surface area contributed by atoms with Gasteiger partial charge in [0.2, 0.25) is 11.9 Å². The molecule has 5 heterocycles. The number of carbonyl (C=O) groups excluding carboxylic acids is 1. The maximum absolute atomic E-state index is 13.5. The first-order valence-corrected chi connectivity index (χ1v) is 13.5. The molecule has 11 heteroatoms. The molecule has 3 aromatic heterocycles. The van der Waals surface area contributed by atoms with E-state index in [0.717, 1.165) is 53.9 Å². The molecule has 39 heavy (non-hydrogen) atoms. The van der Waals surface area contributed by atoms with Crippen LogP contribution in [0.15, 0.2) is 30.7 Å². The van der Waals surface area contributed by atoms with E-state index in [1.807, 2.05) is 32.4 Å². The number of methoxy groups -OCH3 is 1.